The third-order valence-corrected chi connectivity index (χ3v) is 4.41. The number of carbonyl (C=O) groups is 1. The molecule has 2 heterocycles. The molecule has 1 saturated heterocycles. The predicted molar refractivity (Wildman–Crippen MR) is 75.4 cm³/mol. The molecule has 0 spiro atoms. The number of carbonyl (C=O) groups excluding carboxylic acids is 1. The van der Waals surface area contributed by atoms with Crippen LogP contribution in [0.2, 0.25) is 0 Å². The van der Waals surface area contributed by atoms with Gasteiger partial charge in [0.15, 0.2) is 5.76 Å². The summed E-state index contributed by atoms with van der Waals surface area (Å²) in [5.74, 6) is 0.514. The second kappa shape index (κ2) is 6.41. The van der Waals surface area contributed by atoms with Crippen molar-refractivity contribution in [2.24, 2.45) is 0 Å². The predicted octanol–water partition coefficient (Wildman–Crippen LogP) is 0.472. The molecule has 7 heteroatoms. The second-order valence-corrected chi connectivity index (χ2v) is 7.35. The van der Waals surface area contributed by atoms with E-state index in [1.807, 2.05) is 0 Å². The lowest BCUT2D eigenvalue weighted by Crippen LogP contribution is -2.48. The SMILES string of the molecule is CS(=O)(=O)CCCN1CCN(C(=O)c2ccco2)CC1. The number of nitrogens with zero attached hydrogens (tertiary/aromatic N) is 2. The van der Waals surface area contributed by atoms with E-state index >= 15 is 0 Å². The van der Waals surface area contributed by atoms with Crippen molar-refractivity contribution in [2.45, 2.75) is 6.42 Å². The Morgan fingerprint density at radius 3 is 2.55 bits per heavy atom. The minimum Gasteiger partial charge on any atom is -0.459 e. The monoisotopic (exact) mass is 300 g/mol. The number of hydrogen-bond donors (Lipinski definition) is 0. The van der Waals surface area contributed by atoms with Crippen molar-refractivity contribution in [3.05, 3.63) is 24.2 Å². The van der Waals surface area contributed by atoms with Crippen molar-refractivity contribution >= 4 is 15.7 Å². The van der Waals surface area contributed by atoms with Crippen molar-refractivity contribution in [3.8, 4) is 0 Å². The highest BCUT2D eigenvalue weighted by Gasteiger charge is 2.23. The standard InChI is InChI=1S/C13H20N2O4S/c1-20(17,18)11-3-5-14-6-8-15(9-7-14)13(16)12-4-2-10-19-12/h2,4,10H,3,5-9,11H2,1H3. The highest BCUT2D eigenvalue weighted by Crippen LogP contribution is 2.09. The Labute approximate surface area is 119 Å². The second-order valence-electron chi connectivity index (χ2n) is 5.09. The Morgan fingerprint density at radius 1 is 1.30 bits per heavy atom. The summed E-state index contributed by atoms with van der Waals surface area (Å²) in [6, 6.07) is 3.37. The van der Waals surface area contributed by atoms with E-state index in [1.54, 1.807) is 17.0 Å². The number of piperazine rings is 1. The number of furan rings is 1. The fraction of sp³-hybridized carbons (Fsp3) is 0.615. The van der Waals surface area contributed by atoms with Crippen molar-refractivity contribution in [3.63, 3.8) is 0 Å². The van der Waals surface area contributed by atoms with Gasteiger partial charge < -0.3 is 9.32 Å². The van der Waals surface area contributed by atoms with Crippen molar-refractivity contribution < 1.29 is 17.6 Å². The van der Waals surface area contributed by atoms with Gasteiger partial charge in [-0.1, -0.05) is 0 Å². The van der Waals surface area contributed by atoms with Crippen LogP contribution in [0.25, 0.3) is 0 Å². The molecule has 2 rings (SSSR count). The molecule has 1 fully saturated rings. The molecule has 112 valence electrons. The van der Waals surface area contributed by atoms with Crippen LogP contribution in [0.4, 0.5) is 0 Å². The number of rotatable bonds is 5. The van der Waals surface area contributed by atoms with E-state index in [0.717, 1.165) is 19.6 Å². The van der Waals surface area contributed by atoms with Crippen LogP contribution < -0.4 is 0 Å². The average Bonchev–Trinajstić information content (AvgIpc) is 2.91. The fourth-order valence-corrected chi connectivity index (χ4v) is 2.93. The number of amides is 1. The van der Waals surface area contributed by atoms with E-state index in [4.69, 9.17) is 4.42 Å². The smallest absolute Gasteiger partial charge is 0.289 e. The van der Waals surface area contributed by atoms with Gasteiger partial charge in [0.1, 0.15) is 9.84 Å². The maximum atomic E-state index is 12.0. The Hall–Kier alpha value is -1.34. The van der Waals surface area contributed by atoms with Crippen molar-refractivity contribution in [1.82, 2.24) is 9.80 Å². The zero-order valence-electron chi connectivity index (χ0n) is 11.6. The topological polar surface area (TPSA) is 70.8 Å². The van der Waals surface area contributed by atoms with Crippen LogP contribution in [0.5, 0.6) is 0 Å². The first-order valence-electron chi connectivity index (χ1n) is 6.68. The van der Waals surface area contributed by atoms with E-state index in [0.29, 0.717) is 25.3 Å². The Balaban J connectivity index is 1.74. The average molecular weight is 300 g/mol. The Morgan fingerprint density at radius 2 is 2.00 bits per heavy atom. The minimum atomic E-state index is -2.88. The van der Waals surface area contributed by atoms with Gasteiger partial charge in [0.2, 0.25) is 0 Å². The molecule has 0 unspecified atom stereocenters. The molecule has 0 saturated carbocycles. The van der Waals surface area contributed by atoms with Crippen LogP contribution in [-0.2, 0) is 9.84 Å². The summed E-state index contributed by atoms with van der Waals surface area (Å²) in [4.78, 5) is 16.0. The van der Waals surface area contributed by atoms with Gasteiger partial charge in [0.25, 0.3) is 5.91 Å². The Kier molecular flexibility index (Phi) is 4.82. The normalized spacial score (nSPS) is 17.4. The van der Waals surface area contributed by atoms with E-state index in [9.17, 15) is 13.2 Å². The van der Waals surface area contributed by atoms with Crippen LogP contribution in [-0.4, -0.2) is 68.9 Å². The molecule has 1 aromatic heterocycles. The zero-order valence-corrected chi connectivity index (χ0v) is 12.4. The van der Waals surface area contributed by atoms with Gasteiger partial charge in [-0.05, 0) is 25.1 Å². The molecule has 0 atom stereocenters. The highest BCUT2D eigenvalue weighted by atomic mass is 32.2. The number of hydrogen-bond acceptors (Lipinski definition) is 5. The summed E-state index contributed by atoms with van der Waals surface area (Å²) in [7, 11) is -2.88. The van der Waals surface area contributed by atoms with E-state index in [-0.39, 0.29) is 11.7 Å². The lowest BCUT2D eigenvalue weighted by molar-refractivity contribution is 0.0607. The molecule has 0 radical (unpaired) electrons. The van der Waals surface area contributed by atoms with Gasteiger partial charge >= 0.3 is 0 Å². The molecule has 0 aromatic carbocycles. The maximum Gasteiger partial charge on any atom is 0.289 e. The summed E-state index contributed by atoms with van der Waals surface area (Å²) in [6.07, 6.45) is 3.40. The van der Waals surface area contributed by atoms with Crippen LogP contribution in [0, 0.1) is 0 Å². The molecule has 6 nitrogen and oxygen atoms in total. The van der Waals surface area contributed by atoms with Crippen molar-refractivity contribution in [2.75, 3.05) is 44.7 Å². The number of sulfone groups is 1. The lowest BCUT2D eigenvalue weighted by Gasteiger charge is -2.34. The van der Waals surface area contributed by atoms with Crippen LogP contribution in [0.3, 0.4) is 0 Å². The molecular formula is C13H20N2O4S. The first kappa shape index (κ1) is 15.1. The van der Waals surface area contributed by atoms with Crippen LogP contribution >= 0.6 is 0 Å². The molecule has 1 amide bonds. The molecular weight excluding hydrogens is 280 g/mol. The lowest BCUT2D eigenvalue weighted by atomic mass is 10.2. The Bertz CT molecular complexity index is 531. The van der Waals surface area contributed by atoms with Gasteiger partial charge in [0, 0.05) is 32.4 Å². The largest absolute Gasteiger partial charge is 0.459 e. The van der Waals surface area contributed by atoms with Gasteiger partial charge in [-0.25, -0.2) is 8.42 Å². The van der Waals surface area contributed by atoms with E-state index < -0.39 is 9.84 Å². The fourth-order valence-electron chi connectivity index (χ4n) is 2.28. The summed E-state index contributed by atoms with van der Waals surface area (Å²) in [6.45, 7) is 3.61. The maximum absolute atomic E-state index is 12.0. The highest BCUT2D eigenvalue weighted by molar-refractivity contribution is 7.90. The molecule has 1 aliphatic rings. The first-order valence-corrected chi connectivity index (χ1v) is 8.74. The third-order valence-electron chi connectivity index (χ3n) is 3.38. The van der Waals surface area contributed by atoms with Crippen LogP contribution in [0.1, 0.15) is 17.0 Å². The molecule has 0 bridgehead atoms. The first-order chi connectivity index (χ1) is 9.46. The van der Waals surface area contributed by atoms with Gasteiger partial charge in [0.05, 0.1) is 12.0 Å². The quantitative estimate of drug-likeness (QED) is 0.790. The summed E-state index contributed by atoms with van der Waals surface area (Å²) >= 11 is 0. The molecule has 1 aromatic rings. The molecule has 0 aliphatic carbocycles. The molecule has 0 N–H and O–H groups in total. The van der Waals surface area contributed by atoms with E-state index in [1.165, 1.54) is 12.5 Å². The summed E-state index contributed by atoms with van der Waals surface area (Å²) < 4.78 is 27.2. The zero-order chi connectivity index (χ0) is 14.6. The third kappa shape index (κ3) is 4.35. The molecule has 20 heavy (non-hydrogen) atoms. The molecule has 1 aliphatic heterocycles. The summed E-state index contributed by atoms with van der Waals surface area (Å²) in [5, 5.41) is 0. The van der Waals surface area contributed by atoms with Gasteiger partial charge in [-0.3, -0.25) is 9.69 Å². The summed E-state index contributed by atoms with van der Waals surface area (Å²) in [5.41, 5.74) is 0. The van der Waals surface area contributed by atoms with Gasteiger partial charge in [-0.2, -0.15) is 0 Å². The minimum absolute atomic E-state index is 0.0780. The van der Waals surface area contributed by atoms with Gasteiger partial charge in [-0.15, -0.1) is 0 Å². The van der Waals surface area contributed by atoms with E-state index in [2.05, 4.69) is 4.90 Å². The van der Waals surface area contributed by atoms with Crippen molar-refractivity contribution in [1.29, 1.82) is 0 Å². The van der Waals surface area contributed by atoms with Crippen LogP contribution in [0.15, 0.2) is 22.8 Å².